The van der Waals surface area contributed by atoms with Crippen LogP contribution >= 0.6 is 0 Å². The molecule has 0 bridgehead atoms. The fraction of sp³-hybridized carbons (Fsp3) is 0.0208. The summed E-state index contributed by atoms with van der Waals surface area (Å²) < 4.78 is 4.69. The van der Waals surface area contributed by atoms with E-state index in [1.807, 2.05) is 54.7 Å². The Bertz CT molecular complexity index is 3120. The fourth-order valence-electron chi connectivity index (χ4n) is 8.05. The molecule has 0 spiro atoms. The normalized spacial score (nSPS) is 14.5. The number of rotatable bonds is 5. The molecule has 1 atom stereocenters. The summed E-state index contributed by atoms with van der Waals surface area (Å²) in [5.41, 5.74) is 8.66. The van der Waals surface area contributed by atoms with E-state index in [-0.39, 0.29) is 6.17 Å². The Morgan fingerprint density at radius 2 is 1.09 bits per heavy atom. The Labute approximate surface area is 311 Å². The molecule has 0 radical (unpaired) electrons. The highest BCUT2D eigenvalue weighted by Gasteiger charge is 2.22. The van der Waals surface area contributed by atoms with E-state index in [0.717, 1.165) is 45.1 Å². The van der Waals surface area contributed by atoms with Crippen molar-refractivity contribution in [2.45, 2.75) is 6.17 Å². The van der Waals surface area contributed by atoms with Gasteiger partial charge in [-0.3, -0.25) is 4.57 Å². The van der Waals surface area contributed by atoms with E-state index in [4.69, 9.17) is 15.0 Å². The van der Waals surface area contributed by atoms with Gasteiger partial charge >= 0.3 is 0 Å². The van der Waals surface area contributed by atoms with Crippen molar-refractivity contribution in [1.82, 2.24) is 19.4 Å². The second-order valence-electron chi connectivity index (χ2n) is 13.8. The molecule has 0 amide bonds. The van der Waals surface area contributed by atoms with Gasteiger partial charge in [0.25, 0.3) is 0 Å². The molecular formula is C48H32N6. The monoisotopic (exact) mass is 692 g/mol. The van der Waals surface area contributed by atoms with Crippen LogP contribution in [0.1, 0.15) is 22.9 Å². The highest BCUT2D eigenvalue weighted by atomic mass is 15.2. The van der Waals surface area contributed by atoms with Crippen LogP contribution in [-0.4, -0.2) is 25.8 Å². The lowest BCUT2D eigenvalue weighted by molar-refractivity contribution is 0.674. The summed E-state index contributed by atoms with van der Waals surface area (Å²) in [4.78, 5) is 15.1. The molecular weight excluding hydrogens is 661 g/mol. The number of hydrogen-bond acceptors (Lipinski definition) is 4. The molecule has 0 fully saturated rings. The minimum absolute atomic E-state index is 0.273. The lowest BCUT2D eigenvalue weighted by Crippen LogP contribution is -2.33. The molecule has 6 nitrogen and oxygen atoms in total. The topological polar surface area (TPSA) is 59.5 Å². The standard InChI is InChI=1S/C48H32N6/c1-3-14-32(15-4-1)46-50-47(33-16-5-2-6-17-33)52-48(51-46)35-24-26-45(49-30-35)54-42-22-12-10-20-38(42)40-28-43-39(29-44(40)54)37-19-9-11-21-41(37)53(43)36-25-23-31-13-7-8-18-34(31)27-36/h1-30,46H,(H,50,51,52). The molecule has 4 heterocycles. The molecule has 254 valence electrons. The summed E-state index contributed by atoms with van der Waals surface area (Å²) in [5, 5.41) is 10.8. The maximum Gasteiger partial charge on any atom is 0.159 e. The zero-order valence-electron chi connectivity index (χ0n) is 29.1. The second kappa shape index (κ2) is 12.1. The summed E-state index contributed by atoms with van der Waals surface area (Å²) >= 11 is 0. The molecule has 1 aliphatic rings. The molecule has 0 aliphatic carbocycles. The van der Waals surface area contributed by atoms with Crippen LogP contribution in [0.15, 0.2) is 192 Å². The predicted molar refractivity (Wildman–Crippen MR) is 222 cm³/mol. The largest absolute Gasteiger partial charge is 0.344 e. The Kier molecular flexibility index (Phi) is 6.82. The van der Waals surface area contributed by atoms with Crippen LogP contribution in [0.2, 0.25) is 0 Å². The number of nitrogens with zero attached hydrogens (tertiary/aromatic N) is 5. The molecule has 10 aromatic rings. The van der Waals surface area contributed by atoms with Gasteiger partial charge in [0, 0.05) is 44.6 Å². The highest BCUT2D eigenvalue weighted by molar-refractivity contribution is 6.19. The number of aliphatic imine (C=N–C) groups is 2. The maximum atomic E-state index is 5.11. The van der Waals surface area contributed by atoms with Crippen molar-refractivity contribution in [3.8, 4) is 11.5 Å². The van der Waals surface area contributed by atoms with Gasteiger partial charge in [-0.15, -0.1) is 0 Å². The summed E-state index contributed by atoms with van der Waals surface area (Å²) in [6.07, 6.45) is 1.65. The van der Waals surface area contributed by atoms with E-state index in [0.29, 0.717) is 5.84 Å². The van der Waals surface area contributed by atoms with Crippen LogP contribution in [0.25, 0.3) is 65.9 Å². The van der Waals surface area contributed by atoms with Gasteiger partial charge in [-0.25, -0.2) is 15.0 Å². The van der Waals surface area contributed by atoms with E-state index in [9.17, 15) is 0 Å². The highest BCUT2D eigenvalue weighted by Crippen LogP contribution is 2.39. The average Bonchev–Trinajstić information content (AvgIpc) is 3.75. The first-order valence-electron chi connectivity index (χ1n) is 18.2. The van der Waals surface area contributed by atoms with Crippen LogP contribution in [-0.2, 0) is 0 Å². The fourth-order valence-corrected chi connectivity index (χ4v) is 8.05. The second-order valence-corrected chi connectivity index (χ2v) is 13.8. The van der Waals surface area contributed by atoms with Crippen LogP contribution in [0.5, 0.6) is 0 Å². The summed E-state index contributed by atoms with van der Waals surface area (Å²) in [7, 11) is 0. The van der Waals surface area contributed by atoms with Gasteiger partial charge in [0.15, 0.2) is 5.84 Å². The van der Waals surface area contributed by atoms with Crippen LogP contribution < -0.4 is 5.32 Å². The Morgan fingerprint density at radius 1 is 0.463 bits per heavy atom. The molecule has 1 N–H and O–H groups in total. The van der Waals surface area contributed by atoms with E-state index in [1.54, 1.807) is 0 Å². The van der Waals surface area contributed by atoms with Crippen molar-refractivity contribution >= 4 is 66.1 Å². The number of fused-ring (bicyclic) bond motifs is 7. The number of para-hydroxylation sites is 2. The molecule has 0 saturated heterocycles. The summed E-state index contributed by atoms with van der Waals surface area (Å²) in [6.45, 7) is 0. The summed E-state index contributed by atoms with van der Waals surface area (Å²) in [6, 6.07) is 62.0. The maximum absolute atomic E-state index is 5.11. The molecule has 0 saturated carbocycles. The van der Waals surface area contributed by atoms with Gasteiger partial charge in [0.2, 0.25) is 0 Å². The van der Waals surface area contributed by atoms with Crippen molar-refractivity contribution in [2.24, 2.45) is 9.98 Å². The van der Waals surface area contributed by atoms with Crippen molar-refractivity contribution < 1.29 is 0 Å². The number of aromatic nitrogens is 3. The smallest absolute Gasteiger partial charge is 0.159 e. The minimum atomic E-state index is -0.273. The molecule has 1 unspecified atom stereocenters. The Balaban J connectivity index is 1.06. The van der Waals surface area contributed by atoms with Gasteiger partial charge in [-0.1, -0.05) is 127 Å². The van der Waals surface area contributed by atoms with Gasteiger partial charge in [-0.2, -0.15) is 0 Å². The molecule has 7 aromatic carbocycles. The van der Waals surface area contributed by atoms with E-state index in [1.165, 1.54) is 43.4 Å². The first-order valence-corrected chi connectivity index (χ1v) is 18.2. The SMILES string of the molecule is c1ccc(C2=NC(c3ccccc3)NC(c3ccc(-n4c5ccccc5c5cc6c(cc54)c4ccccc4n6-c4ccc5ccccc5c4)nc3)=N2)cc1. The number of hydrogen-bond donors (Lipinski definition) is 1. The van der Waals surface area contributed by atoms with E-state index < -0.39 is 0 Å². The van der Waals surface area contributed by atoms with Crippen molar-refractivity contribution in [3.05, 3.63) is 199 Å². The molecule has 3 aromatic heterocycles. The van der Waals surface area contributed by atoms with Gasteiger partial charge in [-0.05, 0) is 64.9 Å². The van der Waals surface area contributed by atoms with E-state index >= 15 is 0 Å². The summed E-state index contributed by atoms with van der Waals surface area (Å²) in [5.74, 6) is 2.27. The predicted octanol–water partition coefficient (Wildman–Crippen LogP) is 10.9. The third-order valence-electron chi connectivity index (χ3n) is 10.6. The Morgan fingerprint density at radius 3 is 1.81 bits per heavy atom. The third kappa shape index (κ3) is 4.85. The lowest BCUT2D eigenvalue weighted by Gasteiger charge is -2.23. The van der Waals surface area contributed by atoms with Crippen molar-refractivity contribution in [3.63, 3.8) is 0 Å². The molecule has 11 rings (SSSR count). The number of pyridine rings is 1. The molecule has 6 heteroatoms. The average molecular weight is 693 g/mol. The lowest BCUT2D eigenvalue weighted by atomic mass is 10.1. The quantitative estimate of drug-likeness (QED) is 0.195. The molecule has 54 heavy (non-hydrogen) atoms. The first-order chi connectivity index (χ1) is 26.8. The zero-order chi connectivity index (χ0) is 35.6. The first kappa shape index (κ1) is 30.3. The van der Waals surface area contributed by atoms with Crippen molar-refractivity contribution in [1.29, 1.82) is 0 Å². The number of benzene rings is 7. The van der Waals surface area contributed by atoms with Crippen LogP contribution in [0.3, 0.4) is 0 Å². The van der Waals surface area contributed by atoms with Gasteiger partial charge in [0.05, 0.1) is 22.1 Å². The third-order valence-corrected chi connectivity index (χ3v) is 10.6. The van der Waals surface area contributed by atoms with Gasteiger partial charge < -0.3 is 9.88 Å². The zero-order valence-corrected chi connectivity index (χ0v) is 29.1. The van der Waals surface area contributed by atoms with Crippen LogP contribution in [0, 0.1) is 0 Å². The number of amidine groups is 2. The van der Waals surface area contributed by atoms with Crippen molar-refractivity contribution in [2.75, 3.05) is 0 Å². The molecule has 1 aliphatic heterocycles. The number of nitrogens with one attached hydrogen (secondary N) is 1. The van der Waals surface area contributed by atoms with E-state index in [2.05, 4.69) is 142 Å². The Hall–Kier alpha value is -7.31. The van der Waals surface area contributed by atoms with Crippen LogP contribution in [0.4, 0.5) is 0 Å². The minimum Gasteiger partial charge on any atom is -0.344 e. The van der Waals surface area contributed by atoms with Gasteiger partial charge in [0.1, 0.15) is 17.8 Å².